The van der Waals surface area contributed by atoms with Crippen LogP contribution in [0.15, 0.2) is 0 Å². The lowest BCUT2D eigenvalue weighted by Gasteiger charge is -2.26. The van der Waals surface area contributed by atoms with Crippen LogP contribution in [-0.4, -0.2) is 49.4 Å². The first-order valence-corrected chi connectivity index (χ1v) is 3.49. The third-order valence-electron chi connectivity index (χ3n) is 1.16. The van der Waals surface area contributed by atoms with Gasteiger partial charge in [0.1, 0.15) is 12.6 Å². The van der Waals surface area contributed by atoms with Crippen LogP contribution >= 0.6 is 0 Å². The molecule has 12 heavy (non-hydrogen) atoms. The molecule has 0 heterocycles. The Morgan fingerprint density at radius 3 is 2.17 bits per heavy atom. The maximum Gasteiger partial charge on any atom is 0.108 e. The van der Waals surface area contributed by atoms with Crippen molar-refractivity contribution >= 4 is 5.97 Å². The first-order chi connectivity index (χ1) is 4.81. The molecule has 1 atom stereocenters. The SMILES string of the molecule is C[N+](C)(C)C[C@H](O)CC(=O)[O-].F. The average molecular weight is 181 g/mol. The molecule has 0 saturated carbocycles. The van der Waals surface area contributed by atoms with Crippen LogP contribution in [0.1, 0.15) is 6.42 Å². The maximum atomic E-state index is 10.0. The molecule has 0 aliphatic heterocycles. The Balaban J connectivity index is 0. The first kappa shape index (κ1) is 13.9. The van der Waals surface area contributed by atoms with Gasteiger partial charge in [-0.05, 0) is 0 Å². The molecule has 0 aromatic rings. The van der Waals surface area contributed by atoms with Crippen molar-refractivity contribution in [1.82, 2.24) is 0 Å². The fourth-order valence-electron chi connectivity index (χ4n) is 0.889. The zero-order chi connectivity index (χ0) is 9.07. The Morgan fingerprint density at radius 1 is 1.50 bits per heavy atom. The Kier molecular flexibility index (Phi) is 5.84. The highest BCUT2D eigenvalue weighted by Crippen LogP contribution is 1.97. The zero-order valence-corrected chi connectivity index (χ0v) is 7.61. The number of hydrogen-bond acceptors (Lipinski definition) is 3. The molecule has 0 aromatic carbocycles. The Bertz CT molecular complexity index is 144. The predicted molar refractivity (Wildman–Crippen MR) is 41.0 cm³/mol. The van der Waals surface area contributed by atoms with E-state index < -0.39 is 12.1 Å². The van der Waals surface area contributed by atoms with E-state index in [0.717, 1.165) is 0 Å². The van der Waals surface area contributed by atoms with Gasteiger partial charge in [-0.25, -0.2) is 0 Å². The van der Waals surface area contributed by atoms with Gasteiger partial charge in [-0.15, -0.1) is 0 Å². The number of hydrogen-bond donors (Lipinski definition) is 1. The summed E-state index contributed by atoms with van der Waals surface area (Å²) in [5.41, 5.74) is 0. The Labute approximate surface area is 71.4 Å². The van der Waals surface area contributed by atoms with E-state index in [9.17, 15) is 9.90 Å². The van der Waals surface area contributed by atoms with Crippen molar-refractivity contribution < 1.29 is 24.2 Å². The van der Waals surface area contributed by atoms with Gasteiger partial charge in [0.05, 0.1) is 21.1 Å². The molecular formula is C7H16FNO3. The summed E-state index contributed by atoms with van der Waals surface area (Å²) in [4.78, 5) is 10.0. The van der Waals surface area contributed by atoms with Crippen LogP contribution in [0.3, 0.4) is 0 Å². The van der Waals surface area contributed by atoms with E-state index in [1.807, 2.05) is 21.1 Å². The van der Waals surface area contributed by atoms with E-state index in [0.29, 0.717) is 11.0 Å². The number of quaternary nitrogens is 1. The Morgan fingerprint density at radius 2 is 1.92 bits per heavy atom. The molecule has 0 unspecified atom stereocenters. The van der Waals surface area contributed by atoms with Gasteiger partial charge < -0.3 is 19.5 Å². The van der Waals surface area contributed by atoms with Crippen LogP contribution in [0.2, 0.25) is 0 Å². The minimum atomic E-state index is -1.20. The van der Waals surface area contributed by atoms with E-state index >= 15 is 0 Å². The second kappa shape index (κ2) is 5.05. The van der Waals surface area contributed by atoms with Crippen LogP contribution in [-0.2, 0) is 4.79 Å². The van der Waals surface area contributed by atoms with E-state index in [-0.39, 0.29) is 11.1 Å². The molecule has 1 N–H and O–H groups in total. The number of carboxylic acids is 1. The van der Waals surface area contributed by atoms with Crippen LogP contribution in [0.5, 0.6) is 0 Å². The first-order valence-electron chi connectivity index (χ1n) is 3.49. The molecule has 0 amide bonds. The van der Waals surface area contributed by atoms with Crippen LogP contribution < -0.4 is 5.11 Å². The van der Waals surface area contributed by atoms with Gasteiger partial charge in [-0.1, -0.05) is 0 Å². The Hall–Kier alpha value is -0.680. The molecule has 4 nitrogen and oxygen atoms in total. The number of carbonyl (C=O) groups is 1. The summed E-state index contributed by atoms with van der Waals surface area (Å²) >= 11 is 0. The summed E-state index contributed by atoms with van der Waals surface area (Å²) in [5, 5.41) is 19.1. The lowest BCUT2D eigenvalue weighted by molar-refractivity contribution is -0.873. The monoisotopic (exact) mass is 181 g/mol. The number of aliphatic carboxylic acids is 1. The zero-order valence-electron chi connectivity index (χ0n) is 7.61. The van der Waals surface area contributed by atoms with Crippen LogP contribution in [0.25, 0.3) is 0 Å². The molecule has 0 aliphatic rings. The van der Waals surface area contributed by atoms with E-state index in [4.69, 9.17) is 5.11 Å². The van der Waals surface area contributed by atoms with Gasteiger partial charge in [0.15, 0.2) is 0 Å². The van der Waals surface area contributed by atoms with Crippen LogP contribution in [0, 0.1) is 0 Å². The molecule has 0 fully saturated rings. The minimum absolute atomic E-state index is 0. The fourth-order valence-corrected chi connectivity index (χ4v) is 0.889. The van der Waals surface area contributed by atoms with E-state index in [1.54, 1.807) is 0 Å². The highest BCUT2D eigenvalue weighted by Gasteiger charge is 2.14. The number of carbonyl (C=O) groups excluding carboxylic acids is 1. The lowest BCUT2D eigenvalue weighted by Crippen LogP contribution is -2.43. The largest absolute Gasteiger partial charge is 0.550 e. The van der Waals surface area contributed by atoms with Gasteiger partial charge in [0, 0.05) is 12.4 Å². The summed E-state index contributed by atoms with van der Waals surface area (Å²) in [6, 6.07) is 0. The third-order valence-corrected chi connectivity index (χ3v) is 1.16. The standard InChI is InChI=1S/C7H15NO3.FH/c1-8(2,3)5-6(9)4-7(10)11;/h6,9H,4-5H2,1-3H3;1H/t6-;/m1./s1. The van der Waals surface area contributed by atoms with Crippen molar-refractivity contribution in [2.24, 2.45) is 0 Å². The maximum absolute atomic E-state index is 10.0. The average Bonchev–Trinajstić information content (AvgIpc) is 1.53. The fraction of sp³-hybridized carbons (Fsp3) is 0.857. The number of aliphatic hydroxyl groups excluding tert-OH is 1. The molecule has 0 aromatic heterocycles. The van der Waals surface area contributed by atoms with Gasteiger partial charge in [0.25, 0.3) is 0 Å². The van der Waals surface area contributed by atoms with Gasteiger partial charge in [-0.2, -0.15) is 0 Å². The number of halogens is 1. The minimum Gasteiger partial charge on any atom is -0.550 e. The van der Waals surface area contributed by atoms with Crippen molar-refractivity contribution in [1.29, 1.82) is 0 Å². The van der Waals surface area contributed by atoms with E-state index in [2.05, 4.69) is 0 Å². The topological polar surface area (TPSA) is 60.4 Å². The summed E-state index contributed by atoms with van der Waals surface area (Å²) in [6.07, 6.45) is -1.09. The highest BCUT2D eigenvalue weighted by atomic mass is 19.0. The molecular weight excluding hydrogens is 165 g/mol. The summed E-state index contributed by atoms with van der Waals surface area (Å²) < 4.78 is 0.550. The van der Waals surface area contributed by atoms with Crippen molar-refractivity contribution in [3.63, 3.8) is 0 Å². The highest BCUT2D eigenvalue weighted by molar-refractivity contribution is 5.64. The van der Waals surface area contributed by atoms with Gasteiger partial charge >= 0.3 is 0 Å². The second-order valence-corrected chi connectivity index (χ2v) is 3.70. The number of likely N-dealkylation sites (N-methyl/N-ethyl adjacent to an activating group) is 1. The normalized spacial score (nSPS) is 13.3. The number of nitrogens with zero attached hydrogens (tertiary/aromatic N) is 1. The molecule has 0 bridgehead atoms. The number of rotatable bonds is 4. The molecule has 0 rings (SSSR count). The molecule has 0 aliphatic carbocycles. The number of aliphatic hydroxyl groups is 1. The molecule has 0 radical (unpaired) electrons. The van der Waals surface area contributed by atoms with Gasteiger partial charge in [0.2, 0.25) is 0 Å². The van der Waals surface area contributed by atoms with Crippen LogP contribution in [0.4, 0.5) is 4.70 Å². The third kappa shape index (κ3) is 9.32. The molecule has 0 spiro atoms. The summed E-state index contributed by atoms with van der Waals surface area (Å²) in [7, 11) is 5.66. The molecule has 0 saturated heterocycles. The lowest BCUT2D eigenvalue weighted by atomic mass is 10.2. The van der Waals surface area contributed by atoms with E-state index in [1.165, 1.54) is 0 Å². The number of carboxylic acid groups (broad SMARTS) is 1. The molecule has 5 heteroatoms. The molecule has 74 valence electrons. The predicted octanol–water partition coefficient (Wildman–Crippen LogP) is -1.65. The summed E-state index contributed by atoms with van der Waals surface area (Å²) in [6.45, 7) is 0.425. The van der Waals surface area contributed by atoms with Gasteiger partial charge in [-0.3, -0.25) is 4.70 Å². The van der Waals surface area contributed by atoms with Crippen molar-refractivity contribution in [3.05, 3.63) is 0 Å². The van der Waals surface area contributed by atoms with Crippen molar-refractivity contribution in [2.75, 3.05) is 27.7 Å². The summed E-state index contributed by atoms with van der Waals surface area (Å²) in [5.74, 6) is -1.20. The second-order valence-electron chi connectivity index (χ2n) is 3.70. The van der Waals surface area contributed by atoms with Crippen molar-refractivity contribution in [3.8, 4) is 0 Å². The van der Waals surface area contributed by atoms with Crippen molar-refractivity contribution in [2.45, 2.75) is 12.5 Å². The quantitative estimate of drug-likeness (QED) is 0.528. The smallest absolute Gasteiger partial charge is 0.108 e.